The summed E-state index contributed by atoms with van der Waals surface area (Å²) < 4.78 is 1.65. The van der Waals surface area contributed by atoms with E-state index in [2.05, 4.69) is 5.32 Å². The van der Waals surface area contributed by atoms with Crippen molar-refractivity contribution in [1.29, 1.82) is 0 Å². The largest absolute Gasteiger partial charge is 0.322 e. The zero-order valence-electron chi connectivity index (χ0n) is 19.3. The van der Waals surface area contributed by atoms with Gasteiger partial charge in [0.15, 0.2) is 0 Å². The lowest BCUT2D eigenvalue weighted by Crippen LogP contribution is -2.44. The number of carbonyl (C=O) groups is 1. The first-order chi connectivity index (χ1) is 15.8. The van der Waals surface area contributed by atoms with Crippen molar-refractivity contribution < 1.29 is 4.79 Å². The number of nitrogens with zero attached hydrogens (tertiary/aromatic N) is 4. The Labute approximate surface area is 203 Å². The van der Waals surface area contributed by atoms with Crippen LogP contribution in [0, 0.1) is 0 Å². The second-order valence-corrected chi connectivity index (χ2v) is 8.86. The van der Waals surface area contributed by atoms with E-state index in [0.29, 0.717) is 58.5 Å². The minimum absolute atomic E-state index is 0.106. The number of benzene rings is 2. The smallest absolute Gasteiger partial charge is 0.313 e. The lowest BCUT2D eigenvalue weighted by molar-refractivity contribution is 0.172. The van der Waals surface area contributed by atoms with E-state index in [9.17, 15) is 9.59 Å². The SMILES string of the molecule is CCC(c1nc2ccccc2c(=O)n1CC)N(CCN(C)C)C(=O)Nc1ccc(Cl)cc1Cl. The summed E-state index contributed by atoms with van der Waals surface area (Å²) >= 11 is 12.3. The number of anilines is 1. The van der Waals surface area contributed by atoms with E-state index in [-0.39, 0.29) is 11.6 Å². The van der Waals surface area contributed by atoms with Crippen molar-refractivity contribution in [1.82, 2.24) is 19.4 Å². The molecular formula is C24H29Cl2N5O2. The first kappa shape index (κ1) is 25.0. The van der Waals surface area contributed by atoms with E-state index in [4.69, 9.17) is 28.2 Å². The molecule has 0 aliphatic carbocycles. The van der Waals surface area contributed by atoms with Gasteiger partial charge in [0.1, 0.15) is 5.82 Å². The molecule has 2 aromatic carbocycles. The Bertz CT molecular complexity index is 1200. The van der Waals surface area contributed by atoms with Crippen LogP contribution in [0.25, 0.3) is 10.9 Å². The fourth-order valence-corrected chi connectivity index (χ4v) is 4.23. The zero-order chi connectivity index (χ0) is 24.1. The normalized spacial score (nSPS) is 12.2. The van der Waals surface area contributed by atoms with E-state index in [1.54, 1.807) is 33.7 Å². The number of amides is 2. The first-order valence-electron chi connectivity index (χ1n) is 10.9. The third kappa shape index (κ3) is 5.66. The molecule has 0 radical (unpaired) electrons. The van der Waals surface area contributed by atoms with Gasteiger partial charge in [-0.2, -0.15) is 0 Å². The molecule has 33 heavy (non-hydrogen) atoms. The molecule has 2 amide bonds. The van der Waals surface area contributed by atoms with Crippen LogP contribution in [0.5, 0.6) is 0 Å². The predicted molar refractivity (Wildman–Crippen MR) is 135 cm³/mol. The van der Waals surface area contributed by atoms with Gasteiger partial charge in [-0.25, -0.2) is 9.78 Å². The average Bonchev–Trinajstić information content (AvgIpc) is 2.78. The summed E-state index contributed by atoms with van der Waals surface area (Å²) in [5.41, 5.74) is 0.981. The fourth-order valence-electron chi connectivity index (χ4n) is 3.77. The molecule has 1 N–H and O–H groups in total. The Hall–Kier alpha value is -2.61. The van der Waals surface area contributed by atoms with Crippen LogP contribution >= 0.6 is 23.2 Å². The number of hydrogen-bond acceptors (Lipinski definition) is 4. The third-order valence-corrected chi connectivity index (χ3v) is 6.04. The molecule has 0 spiro atoms. The van der Waals surface area contributed by atoms with Gasteiger partial charge in [0, 0.05) is 24.7 Å². The highest BCUT2D eigenvalue weighted by Gasteiger charge is 2.28. The summed E-state index contributed by atoms with van der Waals surface area (Å²) in [6, 6.07) is 11.5. The summed E-state index contributed by atoms with van der Waals surface area (Å²) in [7, 11) is 3.90. The molecule has 0 aliphatic heterocycles. The van der Waals surface area contributed by atoms with Crippen molar-refractivity contribution in [3.63, 3.8) is 0 Å². The highest BCUT2D eigenvalue weighted by Crippen LogP contribution is 2.28. The highest BCUT2D eigenvalue weighted by atomic mass is 35.5. The number of halogens is 2. The van der Waals surface area contributed by atoms with Crippen LogP contribution in [0.1, 0.15) is 32.1 Å². The number of para-hydroxylation sites is 1. The van der Waals surface area contributed by atoms with E-state index in [1.165, 1.54) is 0 Å². The first-order valence-corrected chi connectivity index (χ1v) is 11.7. The van der Waals surface area contributed by atoms with E-state index in [1.807, 2.05) is 51.0 Å². The Morgan fingerprint density at radius 3 is 2.48 bits per heavy atom. The minimum atomic E-state index is -0.409. The van der Waals surface area contributed by atoms with Crippen LogP contribution in [0.4, 0.5) is 10.5 Å². The quantitative estimate of drug-likeness (QED) is 0.467. The topological polar surface area (TPSA) is 70.5 Å². The molecule has 0 saturated carbocycles. The average molecular weight is 490 g/mol. The number of aromatic nitrogens is 2. The van der Waals surface area contributed by atoms with Crippen molar-refractivity contribution in [2.75, 3.05) is 32.5 Å². The van der Waals surface area contributed by atoms with Crippen LogP contribution in [-0.4, -0.2) is 52.6 Å². The summed E-state index contributed by atoms with van der Waals surface area (Å²) in [6.07, 6.45) is 0.583. The van der Waals surface area contributed by atoms with Gasteiger partial charge in [-0.3, -0.25) is 9.36 Å². The molecule has 0 fully saturated rings. The molecule has 9 heteroatoms. The molecule has 1 unspecified atom stereocenters. The number of fused-ring (bicyclic) bond motifs is 1. The van der Waals surface area contributed by atoms with Gasteiger partial charge in [0.25, 0.3) is 5.56 Å². The summed E-state index contributed by atoms with van der Waals surface area (Å²) in [4.78, 5) is 35.2. The molecule has 0 bridgehead atoms. The van der Waals surface area contributed by atoms with Crippen LogP contribution in [0.15, 0.2) is 47.3 Å². The van der Waals surface area contributed by atoms with Crippen LogP contribution in [0.3, 0.4) is 0 Å². The molecular weight excluding hydrogens is 461 g/mol. The van der Waals surface area contributed by atoms with Crippen LogP contribution in [-0.2, 0) is 6.54 Å². The number of carbonyl (C=O) groups excluding carboxylic acids is 1. The van der Waals surface area contributed by atoms with Crippen LogP contribution in [0.2, 0.25) is 10.0 Å². The van der Waals surface area contributed by atoms with Gasteiger partial charge in [0.05, 0.1) is 27.7 Å². The predicted octanol–water partition coefficient (Wildman–Crippen LogP) is 5.27. The molecule has 7 nitrogen and oxygen atoms in total. The van der Waals surface area contributed by atoms with Crippen LogP contribution < -0.4 is 10.9 Å². The molecule has 0 saturated heterocycles. The fraction of sp³-hybridized carbons (Fsp3) is 0.375. The zero-order valence-corrected chi connectivity index (χ0v) is 20.8. The lowest BCUT2D eigenvalue weighted by Gasteiger charge is -2.33. The molecule has 3 aromatic rings. The van der Waals surface area contributed by atoms with Gasteiger partial charge in [-0.15, -0.1) is 0 Å². The van der Waals surface area contributed by atoms with Gasteiger partial charge in [0.2, 0.25) is 0 Å². The minimum Gasteiger partial charge on any atom is -0.313 e. The molecule has 1 heterocycles. The lowest BCUT2D eigenvalue weighted by atomic mass is 10.1. The summed E-state index contributed by atoms with van der Waals surface area (Å²) in [5.74, 6) is 0.569. The van der Waals surface area contributed by atoms with Crippen molar-refractivity contribution in [3.05, 3.63) is 68.7 Å². The number of rotatable bonds is 8. The van der Waals surface area contributed by atoms with E-state index in [0.717, 1.165) is 0 Å². The maximum Gasteiger partial charge on any atom is 0.322 e. The molecule has 176 valence electrons. The number of hydrogen-bond donors (Lipinski definition) is 1. The van der Waals surface area contributed by atoms with Crippen molar-refractivity contribution in [2.24, 2.45) is 0 Å². The second kappa shape index (κ2) is 11.0. The van der Waals surface area contributed by atoms with Gasteiger partial charge >= 0.3 is 6.03 Å². The number of likely N-dealkylation sites (N-methyl/N-ethyl adjacent to an activating group) is 1. The Kier molecular flexibility index (Phi) is 8.35. The van der Waals surface area contributed by atoms with Gasteiger partial charge in [-0.1, -0.05) is 42.3 Å². The monoisotopic (exact) mass is 489 g/mol. The van der Waals surface area contributed by atoms with Gasteiger partial charge in [-0.05, 0) is 57.8 Å². The highest BCUT2D eigenvalue weighted by molar-refractivity contribution is 6.36. The molecule has 1 aromatic heterocycles. The van der Waals surface area contributed by atoms with Crippen molar-refractivity contribution in [3.8, 4) is 0 Å². The second-order valence-electron chi connectivity index (χ2n) is 8.01. The molecule has 3 rings (SSSR count). The Balaban J connectivity index is 2.06. The molecule has 0 aliphatic rings. The van der Waals surface area contributed by atoms with Crippen molar-refractivity contribution >= 4 is 45.8 Å². The van der Waals surface area contributed by atoms with E-state index >= 15 is 0 Å². The third-order valence-electron chi connectivity index (χ3n) is 5.49. The van der Waals surface area contributed by atoms with Gasteiger partial charge < -0.3 is 15.1 Å². The number of urea groups is 1. The standard InChI is InChI=1S/C24H29Cl2N5O2/c1-5-21(22-27-19-10-8-7-9-17(19)23(32)30(22)6-2)31(14-13-29(3)4)24(33)28-20-12-11-16(25)15-18(20)26/h7-12,15,21H,5-6,13-14H2,1-4H3,(H,28,33). The summed E-state index contributed by atoms with van der Waals surface area (Å²) in [5, 5.41) is 4.30. The Morgan fingerprint density at radius 2 is 1.85 bits per heavy atom. The van der Waals surface area contributed by atoms with Crippen molar-refractivity contribution in [2.45, 2.75) is 32.9 Å². The maximum atomic E-state index is 13.5. The summed E-state index contributed by atoms with van der Waals surface area (Å²) in [6.45, 7) is 5.43. The number of nitrogens with one attached hydrogen (secondary N) is 1. The maximum absolute atomic E-state index is 13.5. The molecule has 1 atom stereocenters. The van der Waals surface area contributed by atoms with E-state index < -0.39 is 6.04 Å². The Morgan fingerprint density at radius 1 is 1.12 bits per heavy atom.